The van der Waals surface area contributed by atoms with E-state index < -0.39 is 0 Å². The number of nitrogens with one attached hydrogen (secondary N) is 2. The molecule has 2 heterocycles. The predicted octanol–water partition coefficient (Wildman–Crippen LogP) is 1.50. The van der Waals surface area contributed by atoms with Crippen LogP contribution in [0.4, 0.5) is 17.8 Å². The number of nitrogens with zero attached hydrogens (tertiary/aromatic N) is 4. The molecule has 2 aromatic rings. The molecule has 0 unspecified atom stereocenters. The van der Waals surface area contributed by atoms with Crippen LogP contribution in [0.2, 0.25) is 0 Å². The number of methoxy groups -OCH3 is 1. The fourth-order valence-electron chi connectivity index (χ4n) is 3.19. The van der Waals surface area contributed by atoms with Gasteiger partial charge in [0.25, 0.3) is 0 Å². The molecule has 0 atom stereocenters. The van der Waals surface area contributed by atoms with E-state index in [4.69, 9.17) is 19.9 Å². The molecule has 1 aromatic heterocycles. The highest BCUT2D eigenvalue weighted by atomic mass is 16.5. The van der Waals surface area contributed by atoms with Gasteiger partial charge >= 0.3 is 0 Å². The second kappa shape index (κ2) is 12.9. The summed E-state index contributed by atoms with van der Waals surface area (Å²) in [5.74, 6) is 2.59. The zero-order valence-corrected chi connectivity index (χ0v) is 18.2. The first-order valence-electron chi connectivity index (χ1n) is 10.8. The fourth-order valence-corrected chi connectivity index (χ4v) is 3.19. The van der Waals surface area contributed by atoms with Gasteiger partial charge in [0.05, 0.1) is 33.5 Å². The molecule has 0 aliphatic carbocycles. The van der Waals surface area contributed by atoms with Gasteiger partial charge < -0.3 is 35.5 Å². The lowest BCUT2D eigenvalue weighted by Gasteiger charge is -2.17. The van der Waals surface area contributed by atoms with Gasteiger partial charge in [-0.15, -0.1) is 0 Å². The maximum atomic E-state index is 5.55. The van der Waals surface area contributed by atoms with E-state index >= 15 is 0 Å². The Hall–Kier alpha value is -2.69. The van der Waals surface area contributed by atoms with Gasteiger partial charge in [-0.05, 0) is 30.5 Å². The normalized spacial score (nSPS) is 13.4. The standard InChI is InChI=1S/C21H33N7O3/c1-29-18-6-4-5-17(15-18)16-24-20-25-19(23-8-12-31-14-13-30-11-7-22)26-21(27-20)28-9-2-3-10-28/h4-6,15H,2-3,7-14,16,22H2,1H3,(H2,23,24,25,26,27). The first kappa shape index (κ1) is 23.0. The maximum absolute atomic E-state index is 5.55. The minimum Gasteiger partial charge on any atom is -0.497 e. The number of anilines is 3. The van der Waals surface area contributed by atoms with E-state index in [0.29, 0.717) is 63.9 Å². The number of benzene rings is 1. The third-order valence-corrected chi connectivity index (χ3v) is 4.76. The lowest BCUT2D eigenvalue weighted by Crippen LogP contribution is -2.23. The molecular formula is C21H33N7O3. The number of hydrogen-bond donors (Lipinski definition) is 3. The molecule has 31 heavy (non-hydrogen) atoms. The zero-order valence-electron chi connectivity index (χ0n) is 18.2. The van der Waals surface area contributed by atoms with Crippen molar-refractivity contribution >= 4 is 17.8 Å². The van der Waals surface area contributed by atoms with Crippen molar-refractivity contribution in [1.29, 1.82) is 0 Å². The van der Waals surface area contributed by atoms with Gasteiger partial charge in [-0.3, -0.25) is 0 Å². The second-order valence-electron chi connectivity index (χ2n) is 7.12. The molecule has 0 radical (unpaired) electrons. The molecule has 1 aromatic carbocycles. The summed E-state index contributed by atoms with van der Waals surface area (Å²) >= 11 is 0. The van der Waals surface area contributed by atoms with Gasteiger partial charge in [-0.2, -0.15) is 15.0 Å². The van der Waals surface area contributed by atoms with Crippen LogP contribution in [0, 0.1) is 0 Å². The van der Waals surface area contributed by atoms with Gasteiger partial charge in [0.1, 0.15) is 5.75 Å². The third kappa shape index (κ3) is 7.82. The van der Waals surface area contributed by atoms with E-state index in [1.807, 2.05) is 24.3 Å². The molecule has 0 saturated carbocycles. The Morgan fingerprint density at radius 2 is 1.71 bits per heavy atom. The summed E-state index contributed by atoms with van der Waals surface area (Å²) in [6, 6.07) is 7.91. The third-order valence-electron chi connectivity index (χ3n) is 4.76. The molecule has 4 N–H and O–H groups in total. The SMILES string of the molecule is COc1cccc(CNc2nc(NCCOCCOCCN)nc(N3CCCC3)n2)c1. The van der Waals surface area contributed by atoms with Crippen LogP contribution in [-0.4, -0.2) is 74.7 Å². The van der Waals surface area contributed by atoms with Gasteiger partial charge in [0.2, 0.25) is 17.8 Å². The van der Waals surface area contributed by atoms with E-state index in [1.54, 1.807) is 7.11 Å². The Labute approximate surface area is 183 Å². The molecule has 1 aliphatic heterocycles. The van der Waals surface area contributed by atoms with Crippen molar-refractivity contribution in [3.8, 4) is 5.75 Å². The van der Waals surface area contributed by atoms with Crippen molar-refractivity contribution in [2.24, 2.45) is 5.73 Å². The Morgan fingerprint density at radius 3 is 2.45 bits per heavy atom. The average Bonchev–Trinajstić information content (AvgIpc) is 3.35. The highest BCUT2D eigenvalue weighted by Crippen LogP contribution is 2.19. The van der Waals surface area contributed by atoms with Gasteiger partial charge in [0.15, 0.2) is 0 Å². The predicted molar refractivity (Wildman–Crippen MR) is 121 cm³/mol. The van der Waals surface area contributed by atoms with Crippen LogP contribution in [0.3, 0.4) is 0 Å². The lowest BCUT2D eigenvalue weighted by atomic mass is 10.2. The Kier molecular flexibility index (Phi) is 9.55. The van der Waals surface area contributed by atoms with E-state index in [-0.39, 0.29) is 0 Å². The van der Waals surface area contributed by atoms with Crippen LogP contribution in [-0.2, 0) is 16.0 Å². The summed E-state index contributed by atoms with van der Waals surface area (Å²) in [6.07, 6.45) is 2.31. The van der Waals surface area contributed by atoms with Crippen molar-refractivity contribution in [2.45, 2.75) is 19.4 Å². The second-order valence-corrected chi connectivity index (χ2v) is 7.12. The van der Waals surface area contributed by atoms with Crippen LogP contribution < -0.4 is 26.0 Å². The first-order chi connectivity index (χ1) is 15.3. The van der Waals surface area contributed by atoms with E-state index in [9.17, 15) is 0 Å². The number of hydrogen-bond acceptors (Lipinski definition) is 10. The minimum atomic E-state index is 0.522. The van der Waals surface area contributed by atoms with Crippen molar-refractivity contribution in [1.82, 2.24) is 15.0 Å². The topological polar surface area (TPSA) is 120 Å². The van der Waals surface area contributed by atoms with Crippen molar-refractivity contribution in [3.05, 3.63) is 29.8 Å². The van der Waals surface area contributed by atoms with E-state index in [1.165, 1.54) is 0 Å². The van der Waals surface area contributed by atoms with Gasteiger partial charge in [0, 0.05) is 32.7 Å². The Balaban J connectivity index is 1.56. The summed E-state index contributed by atoms with van der Waals surface area (Å²) in [5, 5.41) is 6.54. The summed E-state index contributed by atoms with van der Waals surface area (Å²) in [5.41, 5.74) is 6.47. The molecule has 1 aliphatic rings. The van der Waals surface area contributed by atoms with Gasteiger partial charge in [-0.1, -0.05) is 12.1 Å². The molecule has 1 saturated heterocycles. The summed E-state index contributed by atoms with van der Waals surface area (Å²) in [7, 11) is 1.66. The number of nitrogens with two attached hydrogens (primary N) is 1. The summed E-state index contributed by atoms with van der Waals surface area (Å²) in [4.78, 5) is 15.9. The maximum Gasteiger partial charge on any atom is 0.231 e. The molecular weight excluding hydrogens is 398 g/mol. The molecule has 10 heteroatoms. The number of aromatic nitrogens is 3. The van der Waals surface area contributed by atoms with Crippen molar-refractivity contribution < 1.29 is 14.2 Å². The largest absolute Gasteiger partial charge is 0.497 e. The first-order valence-corrected chi connectivity index (χ1v) is 10.8. The van der Waals surface area contributed by atoms with Crippen LogP contribution in [0.1, 0.15) is 18.4 Å². The highest BCUT2D eigenvalue weighted by molar-refractivity contribution is 5.45. The number of rotatable bonds is 14. The fraction of sp³-hybridized carbons (Fsp3) is 0.571. The Bertz CT molecular complexity index is 787. The molecule has 10 nitrogen and oxygen atoms in total. The molecule has 1 fully saturated rings. The van der Waals surface area contributed by atoms with Crippen LogP contribution in [0.5, 0.6) is 5.75 Å². The smallest absolute Gasteiger partial charge is 0.231 e. The molecule has 0 bridgehead atoms. The highest BCUT2D eigenvalue weighted by Gasteiger charge is 2.17. The van der Waals surface area contributed by atoms with Crippen molar-refractivity contribution in [3.63, 3.8) is 0 Å². The average molecular weight is 432 g/mol. The number of ether oxygens (including phenoxy) is 3. The lowest BCUT2D eigenvalue weighted by molar-refractivity contribution is 0.0547. The summed E-state index contributed by atoms with van der Waals surface area (Å²) in [6.45, 7) is 5.79. The van der Waals surface area contributed by atoms with E-state index in [0.717, 1.165) is 37.2 Å². The Morgan fingerprint density at radius 1 is 0.968 bits per heavy atom. The van der Waals surface area contributed by atoms with Crippen LogP contribution in [0.15, 0.2) is 24.3 Å². The zero-order chi connectivity index (χ0) is 21.7. The van der Waals surface area contributed by atoms with Crippen molar-refractivity contribution in [2.75, 3.05) is 75.2 Å². The summed E-state index contributed by atoms with van der Waals surface area (Å²) < 4.78 is 16.1. The molecule has 170 valence electrons. The van der Waals surface area contributed by atoms with E-state index in [2.05, 4.69) is 30.5 Å². The quantitative estimate of drug-likeness (QED) is 0.380. The molecule has 0 spiro atoms. The van der Waals surface area contributed by atoms with Crippen LogP contribution >= 0.6 is 0 Å². The van der Waals surface area contributed by atoms with Crippen LogP contribution in [0.25, 0.3) is 0 Å². The molecule has 3 rings (SSSR count). The monoisotopic (exact) mass is 431 g/mol. The van der Waals surface area contributed by atoms with Gasteiger partial charge in [-0.25, -0.2) is 0 Å². The molecule has 0 amide bonds. The minimum absolute atomic E-state index is 0.522.